The van der Waals surface area contributed by atoms with Gasteiger partial charge in [-0.3, -0.25) is 9.89 Å². The number of alkyl halides is 3. The molecule has 3 aromatic rings. The lowest BCUT2D eigenvalue weighted by Gasteiger charge is -2.09. The molecule has 5 nitrogen and oxygen atoms in total. The number of H-pyrrole nitrogens is 1. The molecule has 3 N–H and O–H groups in total. The molecule has 0 aliphatic heterocycles. The van der Waals surface area contributed by atoms with Crippen molar-refractivity contribution in [1.29, 1.82) is 0 Å². The van der Waals surface area contributed by atoms with Crippen LogP contribution in [0, 0.1) is 13.8 Å². The molecule has 2 aromatic carbocycles. The molecule has 0 fully saturated rings. The van der Waals surface area contributed by atoms with Crippen LogP contribution in [0.4, 0.5) is 18.9 Å². The predicted octanol–water partition coefficient (Wildman–Crippen LogP) is 4.67. The van der Waals surface area contributed by atoms with Crippen molar-refractivity contribution >= 4 is 11.6 Å². The van der Waals surface area contributed by atoms with E-state index in [0.29, 0.717) is 11.3 Å². The minimum Gasteiger partial charge on any atom is -0.507 e. The van der Waals surface area contributed by atoms with Crippen molar-refractivity contribution in [3.05, 3.63) is 64.8 Å². The molecular weight excluding hydrogens is 359 g/mol. The first kappa shape index (κ1) is 18.5. The highest BCUT2D eigenvalue weighted by Crippen LogP contribution is 2.33. The summed E-state index contributed by atoms with van der Waals surface area (Å²) < 4.78 is 38.3. The Morgan fingerprint density at radius 3 is 2.56 bits per heavy atom. The molecule has 0 spiro atoms. The number of nitrogens with zero attached hydrogens (tertiary/aromatic N) is 1. The smallest absolute Gasteiger partial charge is 0.416 e. The van der Waals surface area contributed by atoms with E-state index in [1.807, 2.05) is 13.0 Å². The van der Waals surface area contributed by atoms with E-state index in [1.54, 1.807) is 13.0 Å². The van der Waals surface area contributed by atoms with Crippen LogP contribution >= 0.6 is 0 Å². The molecule has 1 heterocycles. The monoisotopic (exact) mass is 375 g/mol. The van der Waals surface area contributed by atoms with Gasteiger partial charge in [0, 0.05) is 11.3 Å². The number of aromatic nitrogens is 2. The van der Waals surface area contributed by atoms with Gasteiger partial charge in [-0.2, -0.15) is 18.3 Å². The van der Waals surface area contributed by atoms with E-state index in [1.165, 1.54) is 18.2 Å². The average Bonchev–Trinajstić information content (AvgIpc) is 3.03. The van der Waals surface area contributed by atoms with Gasteiger partial charge in [0.15, 0.2) is 0 Å². The van der Waals surface area contributed by atoms with Crippen molar-refractivity contribution in [3.63, 3.8) is 0 Å². The molecule has 0 unspecified atom stereocenters. The Bertz CT molecular complexity index is 986. The zero-order chi connectivity index (χ0) is 19.8. The highest BCUT2D eigenvalue weighted by molar-refractivity contribution is 6.03. The van der Waals surface area contributed by atoms with Gasteiger partial charge in [-0.25, -0.2) is 0 Å². The lowest BCUT2D eigenvalue weighted by atomic mass is 10.0. The molecule has 140 valence electrons. The van der Waals surface area contributed by atoms with Crippen molar-refractivity contribution < 1.29 is 23.1 Å². The zero-order valence-electron chi connectivity index (χ0n) is 14.5. The molecule has 0 aliphatic carbocycles. The average molecular weight is 375 g/mol. The number of hydrogen-bond donors (Lipinski definition) is 3. The number of carbonyl (C=O) groups is 1. The molecule has 3 rings (SSSR count). The quantitative estimate of drug-likeness (QED) is 0.622. The maximum Gasteiger partial charge on any atom is 0.416 e. The first-order valence-electron chi connectivity index (χ1n) is 8.00. The van der Waals surface area contributed by atoms with Gasteiger partial charge in [-0.15, -0.1) is 0 Å². The van der Waals surface area contributed by atoms with E-state index < -0.39 is 17.6 Å². The van der Waals surface area contributed by atoms with Crippen molar-refractivity contribution in [3.8, 4) is 17.0 Å². The van der Waals surface area contributed by atoms with E-state index in [9.17, 15) is 23.1 Å². The van der Waals surface area contributed by atoms with Crippen LogP contribution in [0.15, 0.2) is 42.5 Å². The molecule has 0 saturated heterocycles. The van der Waals surface area contributed by atoms with E-state index in [0.717, 1.165) is 23.3 Å². The third-order valence-electron chi connectivity index (χ3n) is 3.99. The molecule has 1 aromatic heterocycles. The summed E-state index contributed by atoms with van der Waals surface area (Å²) in [6.45, 7) is 3.65. The van der Waals surface area contributed by atoms with Crippen LogP contribution < -0.4 is 5.32 Å². The minimum atomic E-state index is -4.50. The second kappa shape index (κ2) is 6.79. The number of rotatable bonds is 3. The number of anilines is 1. The van der Waals surface area contributed by atoms with Crippen molar-refractivity contribution in [2.24, 2.45) is 0 Å². The highest BCUT2D eigenvalue weighted by atomic mass is 19.4. The lowest BCUT2D eigenvalue weighted by molar-refractivity contribution is -0.137. The Hall–Kier alpha value is -3.29. The summed E-state index contributed by atoms with van der Waals surface area (Å²) in [5.74, 6) is -0.610. The summed E-state index contributed by atoms with van der Waals surface area (Å²) in [5, 5.41) is 19.1. The van der Waals surface area contributed by atoms with Crippen LogP contribution in [-0.4, -0.2) is 21.2 Å². The van der Waals surface area contributed by atoms with E-state index in [4.69, 9.17) is 0 Å². The van der Waals surface area contributed by atoms with Gasteiger partial charge in [0.05, 0.1) is 11.3 Å². The largest absolute Gasteiger partial charge is 0.507 e. The fraction of sp³-hybridized carbons (Fsp3) is 0.158. The number of aromatic amines is 1. The third-order valence-corrected chi connectivity index (χ3v) is 3.99. The van der Waals surface area contributed by atoms with Crippen LogP contribution in [0.2, 0.25) is 0 Å². The Balaban J connectivity index is 1.84. The number of amides is 1. The summed E-state index contributed by atoms with van der Waals surface area (Å²) in [7, 11) is 0. The molecule has 0 radical (unpaired) electrons. The second-order valence-electron chi connectivity index (χ2n) is 6.18. The van der Waals surface area contributed by atoms with Crippen molar-refractivity contribution in [2.75, 3.05) is 5.32 Å². The highest BCUT2D eigenvalue weighted by Gasteiger charge is 2.30. The van der Waals surface area contributed by atoms with Crippen LogP contribution in [0.5, 0.6) is 5.75 Å². The van der Waals surface area contributed by atoms with Gasteiger partial charge in [0.1, 0.15) is 11.4 Å². The normalized spacial score (nSPS) is 11.4. The third kappa shape index (κ3) is 3.94. The Morgan fingerprint density at radius 1 is 1.15 bits per heavy atom. The number of carbonyl (C=O) groups excluding carboxylic acids is 1. The number of hydrogen-bond acceptors (Lipinski definition) is 3. The van der Waals surface area contributed by atoms with Crippen LogP contribution in [0.3, 0.4) is 0 Å². The summed E-state index contributed by atoms with van der Waals surface area (Å²) in [5.41, 5.74) is 1.72. The number of halogens is 3. The van der Waals surface area contributed by atoms with Gasteiger partial charge in [-0.05, 0) is 55.3 Å². The first-order chi connectivity index (χ1) is 12.6. The summed E-state index contributed by atoms with van der Waals surface area (Å²) in [6, 6.07) is 9.23. The number of nitrogens with one attached hydrogen (secondary N) is 2. The summed E-state index contributed by atoms with van der Waals surface area (Å²) in [6.07, 6.45) is -4.50. The summed E-state index contributed by atoms with van der Waals surface area (Å²) in [4.78, 5) is 12.3. The predicted molar refractivity (Wildman–Crippen MR) is 94.6 cm³/mol. The maximum atomic E-state index is 12.8. The number of benzene rings is 2. The number of aryl methyl sites for hydroxylation is 2. The molecule has 0 saturated carbocycles. The maximum absolute atomic E-state index is 12.8. The topological polar surface area (TPSA) is 78.0 Å². The SMILES string of the molecule is Cc1cc(C)c(-c2cc(C(=O)Nc3cccc(C(F)(F)F)c3)[nH]n2)c(O)c1. The number of aromatic hydroxyl groups is 1. The molecule has 0 atom stereocenters. The van der Waals surface area contributed by atoms with Gasteiger partial charge in [-0.1, -0.05) is 12.1 Å². The lowest BCUT2D eigenvalue weighted by Crippen LogP contribution is -2.13. The van der Waals surface area contributed by atoms with Gasteiger partial charge in [0.25, 0.3) is 5.91 Å². The number of phenols is 1. The van der Waals surface area contributed by atoms with Gasteiger partial charge in [0.2, 0.25) is 0 Å². The minimum absolute atomic E-state index is 0.0142. The van der Waals surface area contributed by atoms with E-state index in [-0.39, 0.29) is 17.1 Å². The van der Waals surface area contributed by atoms with Crippen molar-refractivity contribution in [2.45, 2.75) is 20.0 Å². The van der Waals surface area contributed by atoms with E-state index >= 15 is 0 Å². The molecular formula is C19H16F3N3O2. The molecule has 1 amide bonds. The Kier molecular flexibility index (Phi) is 4.65. The van der Waals surface area contributed by atoms with Crippen LogP contribution in [0.1, 0.15) is 27.2 Å². The second-order valence-corrected chi connectivity index (χ2v) is 6.18. The molecule has 27 heavy (non-hydrogen) atoms. The zero-order valence-corrected chi connectivity index (χ0v) is 14.5. The standard InChI is InChI=1S/C19H16F3N3O2/c1-10-6-11(2)17(16(26)7-10)14-9-15(25-24-14)18(27)23-13-5-3-4-12(8-13)19(20,21)22/h3-9,26H,1-2H3,(H,23,27)(H,24,25). The fourth-order valence-electron chi connectivity index (χ4n) is 2.82. The first-order valence-corrected chi connectivity index (χ1v) is 8.00. The van der Waals surface area contributed by atoms with Crippen LogP contribution in [0.25, 0.3) is 11.3 Å². The molecule has 0 aliphatic rings. The summed E-state index contributed by atoms with van der Waals surface area (Å²) >= 11 is 0. The van der Waals surface area contributed by atoms with E-state index in [2.05, 4.69) is 15.5 Å². The molecule has 8 heteroatoms. The fourth-order valence-corrected chi connectivity index (χ4v) is 2.82. The Labute approximate surface area is 152 Å². The molecule has 0 bridgehead atoms. The van der Waals surface area contributed by atoms with Crippen molar-refractivity contribution in [1.82, 2.24) is 10.2 Å². The van der Waals surface area contributed by atoms with Gasteiger partial charge < -0.3 is 10.4 Å². The van der Waals surface area contributed by atoms with Gasteiger partial charge >= 0.3 is 6.18 Å². The van der Waals surface area contributed by atoms with Crippen LogP contribution in [-0.2, 0) is 6.18 Å². The Morgan fingerprint density at radius 2 is 1.89 bits per heavy atom. The number of phenolic OH excluding ortho intramolecular Hbond substituents is 1.